The van der Waals surface area contributed by atoms with Gasteiger partial charge in [-0.1, -0.05) is 18.2 Å². The van der Waals surface area contributed by atoms with E-state index in [0.717, 1.165) is 0 Å². The van der Waals surface area contributed by atoms with Gasteiger partial charge in [-0.15, -0.1) is 0 Å². The maximum Gasteiger partial charge on any atom is 0.338 e. The molecule has 10 nitrogen and oxygen atoms in total. The lowest BCUT2D eigenvalue weighted by molar-refractivity contribution is 0.0334. The molecule has 0 unspecified atom stereocenters. The van der Waals surface area contributed by atoms with Gasteiger partial charge in [0.2, 0.25) is 0 Å². The van der Waals surface area contributed by atoms with Crippen molar-refractivity contribution in [2.75, 3.05) is 10.5 Å². The average molecular weight is 466 g/mol. The van der Waals surface area contributed by atoms with Crippen LogP contribution in [-0.2, 0) is 9.47 Å². The summed E-state index contributed by atoms with van der Waals surface area (Å²) in [4.78, 5) is 24.8. The average Bonchev–Trinajstić information content (AvgIpc) is 2.84. The molecule has 0 aliphatic heterocycles. The normalized spacial score (nSPS) is 12.4. The first-order chi connectivity index (χ1) is 16.2. The standard InChI is InChI=1S/C24H22N2O8/c1-15(33-23(27)17-6-10-21(11-7-17)25(29)30)19-4-3-5-20(14-19)16(2)34-24(28)18-8-12-22(13-9-18)26(31)32/h3-16,29,31H,1-2H3/q-2/t15-,16+. The maximum absolute atomic E-state index is 12.4. The first-order valence-electron chi connectivity index (χ1n) is 10.2. The first kappa shape index (κ1) is 24.7. The molecule has 0 fully saturated rings. The zero-order valence-corrected chi connectivity index (χ0v) is 18.3. The molecule has 10 heteroatoms. The molecule has 0 saturated heterocycles. The highest BCUT2D eigenvalue weighted by Gasteiger charge is 2.18. The molecule has 0 aromatic heterocycles. The molecular weight excluding hydrogens is 444 g/mol. The van der Waals surface area contributed by atoms with Crippen LogP contribution in [0, 0.1) is 10.4 Å². The lowest BCUT2D eigenvalue weighted by Gasteiger charge is -2.21. The molecule has 0 saturated carbocycles. The Morgan fingerprint density at radius 1 is 0.706 bits per heavy atom. The summed E-state index contributed by atoms with van der Waals surface area (Å²) in [5.74, 6) is -1.22. The van der Waals surface area contributed by atoms with Gasteiger partial charge in [0.1, 0.15) is 12.2 Å². The van der Waals surface area contributed by atoms with Crippen molar-refractivity contribution in [3.8, 4) is 0 Å². The highest BCUT2D eigenvalue weighted by Crippen LogP contribution is 2.25. The van der Waals surface area contributed by atoms with Crippen molar-refractivity contribution in [3.63, 3.8) is 0 Å². The number of rotatable bonds is 8. The molecule has 0 amide bonds. The number of esters is 2. The van der Waals surface area contributed by atoms with Crippen molar-refractivity contribution in [1.82, 2.24) is 0 Å². The van der Waals surface area contributed by atoms with E-state index in [4.69, 9.17) is 19.9 Å². The van der Waals surface area contributed by atoms with Gasteiger partial charge in [-0.2, -0.15) is 0 Å². The highest BCUT2D eigenvalue weighted by molar-refractivity contribution is 5.90. The van der Waals surface area contributed by atoms with Crippen LogP contribution < -0.4 is 10.5 Å². The van der Waals surface area contributed by atoms with Crippen LogP contribution in [-0.4, -0.2) is 22.4 Å². The van der Waals surface area contributed by atoms with E-state index in [1.807, 2.05) is 0 Å². The van der Waals surface area contributed by atoms with E-state index in [2.05, 4.69) is 0 Å². The lowest BCUT2D eigenvalue weighted by atomic mass is 10.0. The predicted octanol–water partition coefficient (Wildman–Crippen LogP) is 4.91. The second kappa shape index (κ2) is 10.8. The van der Waals surface area contributed by atoms with Crippen molar-refractivity contribution in [2.45, 2.75) is 26.1 Å². The van der Waals surface area contributed by atoms with Crippen LogP contribution >= 0.6 is 0 Å². The molecule has 2 atom stereocenters. The fourth-order valence-corrected chi connectivity index (χ4v) is 3.11. The van der Waals surface area contributed by atoms with Gasteiger partial charge in [-0.3, -0.25) is 10.4 Å². The van der Waals surface area contributed by atoms with Crippen LogP contribution in [0.1, 0.15) is 57.9 Å². The third-order valence-electron chi connectivity index (χ3n) is 5.06. The number of ether oxygens (including phenoxy) is 2. The number of benzene rings is 3. The maximum atomic E-state index is 12.4. The number of nitrogens with zero attached hydrogens (tertiary/aromatic N) is 2. The zero-order valence-electron chi connectivity index (χ0n) is 18.3. The van der Waals surface area contributed by atoms with E-state index in [9.17, 15) is 20.0 Å². The Kier molecular flexibility index (Phi) is 7.82. The molecule has 0 aliphatic carbocycles. The van der Waals surface area contributed by atoms with Crippen LogP contribution in [0.15, 0.2) is 72.8 Å². The Morgan fingerprint density at radius 2 is 1.06 bits per heavy atom. The molecule has 2 N–H and O–H groups in total. The number of carbonyl (C=O) groups excluding carboxylic acids is 2. The Bertz CT molecular complexity index is 1040. The van der Waals surface area contributed by atoms with Gasteiger partial charge < -0.3 is 30.3 Å². The summed E-state index contributed by atoms with van der Waals surface area (Å²) < 4.78 is 11.0. The molecule has 3 rings (SSSR count). The molecule has 3 aromatic rings. The SMILES string of the molecule is C[C@H](OC(=O)c1ccc(N([O-])O)cc1)c1cccc([C@@H](C)OC(=O)c2ccc(N([O-])O)cc2)c1. The zero-order chi connectivity index (χ0) is 24.8. The molecule has 0 aliphatic rings. The molecular formula is C24H22N2O8-2. The van der Waals surface area contributed by atoms with Gasteiger partial charge in [0, 0.05) is 0 Å². The van der Waals surface area contributed by atoms with Crippen LogP contribution in [0.4, 0.5) is 11.4 Å². The summed E-state index contributed by atoms with van der Waals surface area (Å²) in [6.07, 6.45) is -1.24. The van der Waals surface area contributed by atoms with Crippen molar-refractivity contribution >= 4 is 23.3 Å². The van der Waals surface area contributed by atoms with Gasteiger partial charge in [0.15, 0.2) is 0 Å². The van der Waals surface area contributed by atoms with Gasteiger partial charge >= 0.3 is 11.9 Å². The van der Waals surface area contributed by atoms with Crippen molar-refractivity contribution < 1.29 is 29.5 Å². The second-order valence-electron chi connectivity index (χ2n) is 7.40. The van der Waals surface area contributed by atoms with Crippen LogP contribution in [0.5, 0.6) is 0 Å². The van der Waals surface area contributed by atoms with E-state index in [0.29, 0.717) is 11.1 Å². The highest BCUT2D eigenvalue weighted by atomic mass is 16.8. The minimum Gasteiger partial charge on any atom is -0.733 e. The summed E-state index contributed by atoms with van der Waals surface area (Å²) in [6, 6.07) is 17.7. The minimum atomic E-state index is -0.620. The molecule has 0 spiro atoms. The summed E-state index contributed by atoms with van der Waals surface area (Å²) in [5.41, 5.74) is 1.74. The fourth-order valence-electron chi connectivity index (χ4n) is 3.11. The summed E-state index contributed by atoms with van der Waals surface area (Å²) >= 11 is 0. The Balaban J connectivity index is 1.64. The molecule has 3 aromatic carbocycles. The molecule has 178 valence electrons. The van der Waals surface area contributed by atoms with E-state index in [1.165, 1.54) is 48.5 Å². The Morgan fingerprint density at radius 3 is 1.38 bits per heavy atom. The predicted molar refractivity (Wildman–Crippen MR) is 122 cm³/mol. The number of carbonyl (C=O) groups is 2. The first-order valence-corrected chi connectivity index (χ1v) is 10.2. The summed E-state index contributed by atoms with van der Waals surface area (Å²) in [6.45, 7) is 3.38. The fraction of sp³-hybridized carbons (Fsp3) is 0.167. The van der Waals surface area contributed by atoms with Gasteiger partial charge in [0.25, 0.3) is 0 Å². The third kappa shape index (κ3) is 6.09. The molecule has 34 heavy (non-hydrogen) atoms. The van der Waals surface area contributed by atoms with E-state index in [-0.39, 0.29) is 33.0 Å². The van der Waals surface area contributed by atoms with E-state index >= 15 is 0 Å². The van der Waals surface area contributed by atoms with E-state index < -0.39 is 24.1 Å². The van der Waals surface area contributed by atoms with Crippen molar-refractivity contribution in [3.05, 3.63) is 105 Å². The van der Waals surface area contributed by atoms with Crippen LogP contribution in [0.25, 0.3) is 0 Å². The van der Waals surface area contributed by atoms with Gasteiger partial charge in [-0.05, 0) is 79.6 Å². The topological polar surface area (TPSA) is 146 Å². The van der Waals surface area contributed by atoms with Crippen molar-refractivity contribution in [2.24, 2.45) is 0 Å². The van der Waals surface area contributed by atoms with Crippen molar-refractivity contribution in [1.29, 1.82) is 0 Å². The lowest BCUT2D eigenvalue weighted by Crippen LogP contribution is -2.12. The van der Waals surface area contributed by atoms with E-state index in [1.54, 1.807) is 38.1 Å². The number of hydrogen-bond donors (Lipinski definition) is 2. The Labute approximate surface area is 195 Å². The van der Waals surface area contributed by atoms with Gasteiger partial charge in [-0.25, -0.2) is 9.59 Å². The second-order valence-corrected chi connectivity index (χ2v) is 7.40. The monoisotopic (exact) mass is 466 g/mol. The molecule has 0 bridgehead atoms. The smallest absolute Gasteiger partial charge is 0.338 e. The molecule has 0 radical (unpaired) electrons. The van der Waals surface area contributed by atoms with Crippen LogP contribution in [0.3, 0.4) is 0 Å². The summed E-state index contributed by atoms with van der Waals surface area (Å²) in [5, 5.41) is 38.9. The van der Waals surface area contributed by atoms with Crippen LogP contribution in [0.2, 0.25) is 0 Å². The molecule has 0 heterocycles. The largest absolute Gasteiger partial charge is 0.733 e. The number of anilines is 2. The number of hydrogen-bond acceptors (Lipinski definition) is 10. The van der Waals surface area contributed by atoms with Gasteiger partial charge in [0.05, 0.1) is 22.5 Å². The summed E-state index contributed by atoms with van der Waals surface area (Å²) in [7, 11) is 0. The quantitative estimate of drug-likeness (QED) is 0.347. The minimum absolute atomic E-state index is 0.0162. The Hall–Kier alpha value is -3.96. The third-order valence-corrected chi connectivity index (χ3v) is 5.06.